The highest BCUT2D eigenvalue weighted by Gasteiger charge is 2.27. The van der Waals surface area contributed by atoms with E-state index in [9.17, 15) is 9.59 Å². The first kappa shape index (κ1) is 14.4. The predicted molar refractivity (Wildman–Crippen MR) is 83.5 cm³/mol. The molecule has 3 aromatic heterocycles. The molecule has 24 heavy (non-hydrogen) atoms. The van der Waals surface area contributed by atoms with E-state index < -0.39 is 0 Å². The lowest BCUT2D eigenvalue weighted by Gasteiger charge is -2.34. The average Bonchev–Trinajstić information content (AvgIpc) is 3.31. The SMILES string of the molecule is O=C(c1ccco1)N1CCN(C(=O)c2ccnc3ccnn23)CC1. The Bertz CT molecular complexity index is 878. The molecular formula is C16H15N5O3. The molecule has 0 spiro atoms. The van der Waals surface area contributed by atoms with Crippen molar-refractivity contribution in [2.24, 2.45) is 0 Å². The zero-order chi connectivity index (χ0) is 16.5. The zero-order valence-corrected chi connectivity index (χ0v) is 12.8. The van der Waals surface area contributed by atoms with Gasteiger partial charge >= 0.3 is 0 Å². The van der Waals surface area contributed by atoms with Crippen LogP contribution in [0.25, 0.3) is 5.65 Å². The van der Waals surface area contributed by atoms with Crippen molar-refractivity contribution in [3.8, 4) is 0 Å². The molecule has 3 aromatic rings. The summed E-state index contributed by atoms with van der Waals surface area (Å²) < 4.78 is 6.67. The summed E-state index contributed by atoms with van der Waals surface area (Å²) in [6.07, 6.45) is 4.69. The second-order valence-electron chi connectivity index (χ2n) is 5.49. The maximum atomic E-state index is 12.7. The van der Waals surface area contributed by atoms with Gasteiger partial charge in [0.15, 0.2) is 11.4 Å². The number of aromatic nitrogens is 3. The van der Waals surface area contributed by atoms with E-state index in [-0.39, 0.29) is 11.8 Å². The third kappa shape index (κ3) is 2.41. The minimum Gasteiger partial charge on any atom is -0.459 e. The van der Waals surface area contributed by atoms with Crippen LogP contribution in [0.2, 0.25) is 0 Å². The Morgan fingerprint density at radius 2 is 1.71 bits per heavy atom. The quantitative estimate of drug-likeness (QED) is 0.699. The van der Waals surface area contributed by atoms with Gasteiger partial charge in [0.2, 0.25) is 0 Å². The van der Waals surface area contributed by atoms with Crippen molar-refractivity contribution in [3.05, 3.63) is 54.4 Å². The monoisotopic (exact) mass is 325 g/mol. The number of carbonyl (C=O) groups is 2. The second-order valence-corrected chi connectivity index (χ2v) is 5.49. The van der Waals surface area contributed by atoms with Crippen LogP contribution in [0.15, 0.2) is 47.3 Å². The Hall–Kier alpha value is -3.16. The highest BCUT2D eigenvalue weighted by Crippen LogP contribution is 2.12. The van der Waals surface area contributed by atoms with Gasteiger partial charge in [-0.25, -0.2) is 9.50 Å². The van der Waals surface area contributed by atoms with Crippen molar-refractivity contribution in [1.29, 1.82) is 0 Å². The Balaban J connectivity index is 1.47. The van der Waals surface area contributed by atoms with Crippen molar-refractivity contribution in [1.82, 2.24) is 24.4 Å². The van der Waals surface area contributed by atoms with E-state index in [1.807, 2.05) is 0 Å². The van der Waals surface area contributed by atoms with Gasteiger partial charge in [-0.2, -0.15) is 5.10 Å². The summed E-state index contributed by atoms with van der Waals surface area (Å²) in [5, 5.41) is 4.14. The third-order valence-electron chi connectivity index (χ3n) is 4.10. The molecular weight excluding hydrogens is 310 g/mol. The lowest BCUT2D eigenvalue weighted by Crippen LogP contribution is -2.50. The molecule has 8 nitrogen and oxygen atoms in total. The minimum absolute atomic E-state index is 0.115. The van der Waals surface area contributed by atoms with Crippen LogP contribution >= 0.6 is 0 Å². The highest BCUT2D eigenvalue weighted by atomic mass is 16.3. The summed E-state index contributed by atoms with van der Waals surface area (Å²) >= 11 is 0. The normalized spacial score (nSPS) is 15.0. The fourth-order valence-corrected chi connectivity index (χ4v) is 2.83. The van der Waals surface area contributed by atoms with Gasteiger partial charge in [-0.1, -0.05) is 0 Å². The molecule has 2 amide bonds. The van der Waals surface area contributed by atoms with E-state index in [1.54, 1.807) is 46.5 Å². The molecule has 0 atom stereocenters. The molecule has 0 saturated carbocycles. The number of hydrogen-bond donors (Lipinski definition) is 0. The van der Waals surface area contributed by atoms with E-state index in [4.69, 9.17) is 4.42 Å². The van der Waals surface area contributed by atoms with E-state index in [0.29, 0.717) is 43.3 Å². The predicted octanol–water partition coefficient (Wildman–Crippen LogP) is 0.920. The molecule has 4 rings (SSSR count). The maximum absolute atomic E-state index is 12.7. The van der Waals surface area contributed by atoms with Gasteiger partial charge in [-0.15, -0.1) is 0 Å². The highest BCUT2D eigenvalue weighted by molar-refractivity contribution is 5.94. The number of nitrogens with zero attached hydrogens (tertiary/aromatic N) is 5. The summed E-state index contributed by atoms with van der Waals surface area (Å²) in [5.41, 5.74) is 1.10. The first-order valence-electron chi connectivity index (χ1n) is 7.65. The molecule has 1 fully saturated rings. The summed E-state index contributed by atoms with van der Waals surface area (Å²) in [7, 11) is 0. The molecule has 1 aliphatic heterocycles. The molecule has 0 unspecified atom stereocenters. The van der Waals surface area contributed by atoms with Crippen molar-refractivity contribution in [2.45, 2.75) is 0 Å². The molecule has 1 saturated heterocycles. The van der Waals surface area contributed by atoms with Gasteiger partial charge < -0.3 is 14.2 Å². The van der Waals surface area contributed by atoms with Gasteiger partial charge in [0.1, 0.15) is 5.69 Å². The van der Waals surface area contributed by atoms with Gasteiger partial charge in [0.05, 0.1) is 12.5 Å². The summed E-state index contributed by atoms with van der Waals surface area (Å²) in [5.74, 6) is 0.0591. The van der Waals surface area contributed by atoms with E-state index in [2.05, 4.69) is 10.1 Å². The fraction of sp³-hybridized carbons (Fsp3) is 0.250. The van der Waals surface area contributed by atoms with Crippen LogP contribution in [0, 0.1) is 0 Å². The summed E-state index contributed by atoms with van der Waals surface area (Å²) in [6.45, 7) is 1.88. The van der Waals surface area contributed by atoms with Crippen molar-refractivity contribution in [2.75, 3.05) is 26.2 Å². The second kappa shape index (κ2) is 5.80. The van der Waals surface area contributed by atoms with E-state index in [1.165, 1.54) is 10.8 Å². The lowest BCUT2D eigenvalue weighted by atomic mass is 10.2. The standard InChI is InChI=1S/C16H15N5O3/c22-15(12-3-5-17-14-4-6-18-21(12)14)19-7-9-20(10-8-19)16(23)13-2-1-11-24-13/h1-6,11H,7-10H2. The zero-order valence-electron chi connectivity index (χ0n) is 12.8. The van der Waals surface area contributed by atoms with Crippen molar-refractivity contribution in [3.63, 3.8) is 0 Å². The van der Waals surface area contributed by atoms with Crippen LogP contribution in [0.3, 0.4) is 0 Å². The molecule has 4 heterocycles. The minimum atomic E-state index is -0.148. The largest absolute Gasteiger partial charge is 0.459 e. The van der Waals surface area contributed by atoms with Gasteiger partial charge in [0, 0.05) is 38.4 Å². The number of furan rings is 1. The first-order valence-corrected chi connectivity index (χ1v) is 7.65. The Morgan fingerprint density at radius 3 is 2.42 bits per heavy atom. The number of amides is 2. The molecule has 122 valence electrons. The molecule has 0 N–H and O–H groups in total. The van der Waals surface area contributed by atoms with Crippen molar-refractivity contribution < 1.29 is 14.0 Å². The molecule has 0 bridgehead atoms. The van der Waals surface area contributed by atoms with Crippen LogP contribution in [0.5, 0.6) is 0 Å². The Labute approximate surface area is 137 Å². The number of piperazine rings is 1. The molecule has 8 heteroatoms. The van der Waals surface area contributed by atoms with Crippen LogP contribution in [0.1, 0.15) is 21.0 Å². The van der Waals surface area contributed by atoms with Gasteiger partial charge in [-0.05, 0) is 18.2 Å². The topological polar surface area (TPSA) is 84.0 Å². The van der Waals surface area contributed by atoms with Crippen LogP contribution in [-0.4, -0.2) is 62.4 Å². The van der Waals surface area contributed by atoms with Crippen LogP contribution in [-0.2, 0) is 0 Å². The first-order chi connectivity index (χ1) is 11.7. The van der Waals surface area contributed by atoms with Crippen LogP contribution < -0.4 is 0 Å². The summed E-state index contributed by atoms with van der Waals surface area (Å²) in [6, 6.07) is 6.73. The lowest BCUT2D eigenvalue weighted by molar-refractivity contribution is 0.0513. The molecule has 1 aliphatic rings. The fourth-order valence-electron chi connectivity index (χ4n) is 2.83. The maximum Gasteiger partial charge on any atom is 0.289 e. The van der Waals surface area contributed by atoms with Crippen LogP contribution in [0.4, 0.5) is 0 Å². The Morgan fingerprint density at radius 1 is 0.958 bits per heavy atom. The molecule has 0 aliphatic carbocycles. The number of carbonyl (C=O) groups excluding carboxylic acids is 2. The molecule has 0 radical (unpaired) electrons. The smallest absolute Gasteiger partial charge is 0.289 e. The van der Waals surface area contributed by atoms with E-state index >= 15 is 0 Å². The molecule has 0 aromatic carbocycles. The average molecular weight is 325 g/mol. The number of fused-ring (bicyclic) bond motifs is 1. The van der Waals surface area contributed by atoms with E-state index in [0.717, 1.165) is 0 Å². The van der Waals surface area contributed by atoms with Gasteiger partial charge in [0.25, 0.3) is 11.8 Å². The Kier molecular flexibility index (Phi) is 3.49. The summed E-state index contributed by atoms with van der Waals surface area (Å²) in [4.78, 5) is 32.6. The van der Waals surface area contributed by atoms with Gasteiger partial charge in [-0.3, -0.25) is 9.59 Å². The third-order valence-corrected chi connectivity index (χ3v) is 4.10. The number of rotatable bonds is 2. The van der Waals surface area contributed by atoms with Crippen molar-refractivity contribution >= 4 is 17.5 Å². The number of hydrogen-bond acceptors (Lipinski definition) is 5.